The molecule has 1 aromatic carbocycles. The van der Waals surface area contributed by atoms with Crippen molar-refractivity contribution in [1.82, 2.24) is 9.80 Å². The highest BCUT2D eigenvalue weighted by molar-refractivity contribution is 6.04. The normalized spacial score (nSPS) is 21.2. The molecule has 0 radical (unpaired) electrons. The van der Waals surface area contributed by atoms with Crippen LogP contribution < -0.4 is 4.74 Å². The van der Waals surface area contributed by atoms with E-state index in [2.05, 4.69) is 6.58 Å². The maximum Gasteiger partial charge on any atom is 0.327 e. The van der Waals surface area contributed by atoms with Gasteiger partial charge in [-0.15, -0.1) is 6.58 Å². The Kier molecular flexibility index (Phi) is 5.38. The van der Waals surface area contributed by atoms with E-state index in [1.165, 1.54) is 4.90 Å². The highest BCUT2D eigenvalue weighted by Crippen LogP contribution is 2.26. The lowest BCUT2D eigenvalue weighted by molar-refractivity contribution is -0.129. The number of carbonyl (C=O) groups excluding carboxylic acids is 2. The Hall–Kier alpha value is -2.34. The average molecular weight is 344 g/mol. The van der Waals surface area contributed by atoms with Crippen LogP contribution in [0.1, 0.15) is 24.8 Å². The maximum absolute atomic E-state index is 12.4. The molecule has 2 aliphatic rings. The molecule has 6 nitrogen and oxygen atoms in total. The van der Waals surface area contributed by atoms with Crippen molar-refractivity contribution in [3.8, 4) is 5.75 Å². The Bertz CT molecular complexity index is 637. The van der Waals surface area contributed by atoms with Gasteiger partial charge in [0.25, 0.3) is 5.91 Å². The zero-order valence-electron chi connectivity index (χ0n) is 14.3. The van der Waals surface area contributed by atoms with E-state index in [9.17, 15) is 14.7 Å². The minimum Gasteiger partial charge on any atom is -0.491 e. The molecule has 0 spiro atoms. The van der Waals surface area contributed by atoms with Crippen molar-refractivity contribution in [2.45, 2.75) is 37.8 Å². The van der Waals surface area contributed by atoms with Gasteiger partial charge in [-0.25, -0.2) is 4.79 Å². The highest BCUT2D eigenvalue weighted by Gasteiger charge is 2.46. The van der Waals surface area contributed by atoms with Crippen LogP contribution in [0.2, 0.25) is 0 Å². The van der Waals surface area contributed by atoms with Gasteiger partial charge in [0.2, 0.25) is 0 Å². The molecular formula is C19H24N2O4. The molecule has 0 bridgehead atoms. The minimum atomic E-state index is -0.925. The number of hydrogen-bond donors (Lipinski definition) is 1. The number of nitrogens with zero attached hydrogens (tertiary/aromatic N) is 2. The van der Waals surface area contributed by atoms with E-state index in [0.29, 0.717) is 25.1 Å². The van der Waals surface area contributed by atoms with Crippen molar-refractivity contribution in [1.29, 1.82) is 0 Å². The van der Waals surface area contributed by atoms with Gasteiger partial charge in [-0.05, 0) is 37.3 Å². The van der Waals surface area contributed by atoms with Gasteiger partial charge in [0.05, 0.1) is 6.54 Å². The molecule has 0 aliphatic carbocycles. The van der Waals surface area contributed by atoms with Gasteiger partial charge < -0.3 is 14.7 Å². The number of piperidine rings is 1. The van der Waals surface area contributed by atoms with E-state index in [-0.39, 0.29) is 31.1 Å². The monoisotopic (exact) mass is 344 g/mol. The molecule has 2 heterocycles. The molecule has 2 atom stereocenters. The van der Waals surface area contributed by atoms with Gasteiger partial charge in [-0.2, -0.15) is 0 Å². The van der Waals surface area contributed by atoms with E-state index in [1.807, 2.05) is 24.3 Å². The molecule has 0 aromatic heterocycles. The van der Waals surface area contributed by atoms with Crippen LogP contribution in [-0.4, -0.2) is 58.7 Å². The molecule has 6 heteroatoms. The van der Waals surface area contributed by atoms with Crippen molar-refractivity contribution < 1.29 is 19.4 Å². The summed E-state index contributed by atoms with van der Waals surface area (Å²) in [6.07, 6.45) is 4.13. The number of aliphatic hydroxyl groups excluding tert-OH is 1. The standard InChI is InChI=1S/C19H24N2O4/c1-2-7-14-8-3-4-10-17(14)25-13-15(22)12-21-18(23)16-9-5-6-11-20(16)19(21)24/h2-4,8,10,15-16,22H,1,5-7,9,11-13H2/t15-,16+/m0/s1. The zero-order valence-corrected chi connectivity index (χ0v) is 14.3. The molecule has 1 aromatic rings. The molecule has 25 heavy (non-hydrogen) atoms. The number of amides is 3. The summed E-state index contributed by atoms with van der Waals surface area (Å²) in [6.45, 7) is 4.33. The minimum absolute atomic E-state index is 0.0237. The first-order chi connectivity index (χ1) is 12.1. The van der Waals surface area contributed by atoms with Crippen LogP contribution in [0, 0.1) is 0 Å². The Balaban J connectivity index is 1.58. The number of hydrogen-bond acceptors (Lipinski definition) is 4. The van der Waals surface area contributed by atoms with Crippen LogP contribution in [0.15, 0.2) is 36.9 Å². The first-order valence-corrected chi connectivity index (χ1v) is 8.73. The second-order valence-electron chi connectivity index (χ2n) is 6.50. The molecule has 1 N–H and O–H groups in total. The SMILES string of the molecule is C=CCc1ccccc1OC[C@@H](O)CN1C(=O)[C@H]2CCCCN2C1=O. The van der Waals surface area contributed by atoms with Crippen LogP contribution in [0.4, 0.5) is 4.79 Å². The first kappa shape index (κ1) is 17.5. The third kappa shape index (κ3) is 3.69. The second kappa shape index (κ2) is 7.70. The second-order valence-corrected chi connectivity index (χ2v) is 6.50. The topological polar surface area (TPSA) is 70.1 Å². The van der Waals surface area contributed by atoms with E-state index >= 15 is 0 Å². The lowest BCUT2D eigenvalue weighted by Gasteiger charge is -2.26. The predicted molar refractivity (Wildman–Crippen MR) is 93.3 cm³/mol. The summed E-state index contributed by atoms with van der Waals surface area (Å²) >= 11 is 0. The van der Waals surface area contributed by atoms with Crippen LogP contribution in [-0.2, 0) is 11.2 Å². The third-order valence-corrected chi connectivity index (χ3v) is 4.69. The van der Waals surface area contributed by atoms with E-state index in [1.54, 1.807) is 11.0 Å². The first-order valence-electron chi connectivity index (χ1n) is 8.73. The van der Waals surface area contributed by atoms with Crippen molar-refractivity contribution in [3.05, 3.63) is 42.5 Å². The fourth-order valence-electron chi connectivity index (χ4n) is 3.43. The van der Waals surface area contributed by atoms with Crippen molar-refractivity contribution in [2.75, 3.05) is 19.7 Å². The summed E-state index contributed by atoms with van der Waals surface area (Å²) < 4.78 is 5.69. The summed E-state index contributed by atoms with van der Waals surface area (Å²) in [5.74, 6) is 0.480. The van der Waals surface area contributed by atoms with Gasteiger partial charge in [0.1, 0.15) is 24.5 Å². The number of ether oxygens (including phenoxy) is 1. The Labute approximate surface area is 147 Å². The number of β-amino-alcohol motifs (C(OH)–C–C–N with tert-alkyl or cyclic N) is 1. The summed E-state index contributed by atoms with van der Waals surface area (Å²) in [7, 11) is 0. The van der Waals surface area contributed by atoms with Crippen molar-refractivity contribution >= 4 is 11.9 Å². The third-order valence-electron chi connectivity index (χ3n) is 4.69. The van der Waals surface area contributed by atoms with Gasteiger partial charge in [0.15, 0.2) is 0 Å². The molecule has 2 aliphatic heterocycles. The number of urea groups is 1. The molecule has 0 saturated carbocycles. The summed E-state index contributed by atoms with van der Waals surface area (Å²) in [6, 6.07) is 6.91. The van der Waals surface area contributed by atoms with Crippen LogP contribution in [0.5, 0.6) is 5.75 Å². The predicted octanol–water partition coefficient (Wildman–Crippen LogP) is 1.97. The summed E-state index contributed by atoms with van der Waals surface area (Å²) in [5, 5.41) is 10.3. The number of benzene rings is 1. The highest BCUT2D eigenvalue weighted by atomic mass is 16.5. The number of aliphatic hydroxyl groups is 1. The fraction of sp³-hybridized carbons (Fsp3) is 0.474. The average Bonchev–Trinajstić information content (AvgIpc) is 2.87. The zero-order chi connectivity index (χ0) is 17.8. The smallest absolute Gasteiger partial charge is 0.327 e. The van der Waals surface area contributed by atoms with Gasteiger partial charge >= 0.3 is 6.03 Å². The van der Waals surface area contributed by atoms with Gasteiger partial charge in [-0.1, -0.05) is 24.3 Å². The molecule has 2 saturated heterocycles. The summed E-state index contributed by atoms with van der Waals surface area (Å²) in [5.41, 5.74) is 0.982. The fourth-order valence-corrected chi connectivity index (χ4v) is 3.43. The molecular weight excluding hydrogens is 320 g/mol. The van der Waals surface area contributed by atoms with Crippen LogP contribution in [0.3, 0.4) is 0 Å². The van der Waals surface area contributed by atoms with Crippen molar-refractivity contribution in [2.24, 2.45) is 0 Å². The molecule has 2 fully saturated rings. The number of fused-ring (bicyclic) bond motifs is 1. The lowest BCUT2D eigenvalue weighted by atomic mass is 10.0. The molecule has 3 rings (SSSR count). The van der Waals surface area contributed by atoms with Gasteiger partial charge in [-0.3, -0.25) is 9.69 Å². The number of imide groups is 1. The number of rotatable bonds is 7. The number of para-hydroxylation sites is 1. The number of carbonyl (C=O) groups is 2. The summed E-state index contributed by atoms with van der Waals surface area (Å²) in [4.78, 5) is 27.6. The van der Waals surface area contributed by atoms with Crippen LogP contribution in [0.25, 0.3) is 0 Å². The van der Waals surface area contributed by atoms with Crippen LogP contribution >= 0.6 is 0 Å². The molecule has 134 valence electrons. The van der Waals surface area contributed by atoms with E-state index in [4.69, 9.17) is 4.74 Å². The lowest BCUT2D eigenvalue weighted by Crippen LogP contribution is -2.40. The Morgan fingerprint density at radius 3 is 2.88 bits per heavy atom. The van der Waals surface area contributed by atoms with Crippen molar-refractivity contribution in [3.63, 3.8) is 0 Å². The van der Waals surface area contributed by atoms with E-state index < -0.39 is 6.10 Å². The van der Waals surface area contributed by atoms with Gasteiger partial charge in [0, 0.05) is 6.54 Å². The molecule has 0 unspecified atom stereocenters. The number of allylic oxidation sites excluding steroid dienone is 1. The quantitative estimate of drug-likeness (QED) is 0.606. The maximum atomic E-state index is 12.4. The Morgan fingerprint density at radius 1 is 1.32 bits per heavy atom. The largest absolute Gasteiger partial charge is 0.491 e. The Morgan fingerprint density at radius 2 is 2.12 bits per heavy atom. The van der Waals surface area contributed by atoms with E-state index in [0.717, 1.165) is 18.4 Å². The molecule has 3 amide bonds.